The van der Waals surface area contributed by atoms with Crippen molar-refractivity contribution in [2.75, 3.05) is 31.1 Å². The normalized spacial score (nSPS) is 21.8. The SMILES string of the molecule is O=C(C1CC1)N1CCCc2cc([C@H](O)CN3CCC(O)(c4ccc(F)cc4)CC3)ccc21. The van der Waals surface area contributed by atoms with Gasteiger partial charge >= 0.3 is 0 Å². The van der Waals surface area contributed by atoms with Crippen LogP contribution in [0.25, 0.3) is 0 Å². The third kappa shape index (κ3) is 4.32. The second-order valence-electron chi connectivity index (χ2n) is 9.61. The summed E-state index contributed by atoms with van der Waals surface area (Å²) in [4.78, 5) is 16.7. The highest BCUT2D eigenvalue weighted by Crippen LogP contribution is 2.37. The van der Waals surface area contributed by atoms with E-state index in [1.807, 2.05) is 17.0 Å². The molecule has 0 unspecified atom stereocenters. The van der Waals surface area contributed by atoms with Gasteiger partial charge in [0.25, 0.3) is 0 Å². The lowest BCUT2D eigenvalue weighted by Gasteiger charge is -2.39. The summed E-state index contributed by atoms with van der Waals surface area (Å²) in [6.45, 7) is 2.62. The van der Waals surface area contributed by atoms with Crippen molar-refractivity contribution in [3.8, 4) is 0 Å². The number of anilines is 1. The molecule has 0 spiro atoms. The van der Waals surface area contributed by atoms with E-state index in [4.69, 9.17) is 0 Å². The van der Waals surface area contributed by atoms with E-state index in [0.717, 1.165) is 54.6 Å². The lowest BCUT2D eigenvalue weighted by atomic mass is 9.84. The number of aliphatic hydroxyl groups excluding tert-OH is 1. The second-order valence-corrected chi connectivity index (χ2v) is 9.61. The number of aryl methyl sites for hydroxylation is 1. The predicted molar refractivity (Wildman–Crippen MR) is 121 cm³/mol. The van der Waals surface area contributed by atoms with Crippen LogP contribution in [0.15, 0.2) is 42.5 Å². The summed E-state index contributed by atoms with van der Waals surface area (Å²) in [6.07, 6.45) is 4.38. The summed E-state index contributed by atoms with van der Waals surface area (Å²) in [6, 6.07) is 12.1. The molecular weight excluding hydrogens is 407 g/mol. The molecule has 5 nitrogen and oxygen atoms in total. The first-order valence-corrected chi connectivity index (χ1v) is 11.8. The number of benzene rings is 2. The molecule has 0 aromatic heterocycles. The van der Waals surface area contributed by atoms with E-state index in [1.165, 1.54) is 12.1 Å². The number of β-amino-alcohol motifs (C(OH)–C–C–N with tert-alkyl or cyclic N) is 1. The number of halogens is 1. The van der Waals surface area contributed by atoms with Crippen molar-refractivity contribution in [1.29, 1.82) is 0 Å². The Morgan fingerprint density at radius 2 is 1.81 bits per heavy atom. The Morgan fingerprint density at radius 3 is 2.50 bits per heavy atom. The lowest BCUT2D eigenvalue weighted by molar-refractivity contribution is -0.119. The molecule has 2 N–H and O–H groups in total. The van der Waals surface area contributed by atoms with Gasteiger partial charge in [0.05, 0.1) is 11.7 Å². The number of amides is 1. The molecule has 0 bridgehead atoms. The molecule has 32 heavy (non-hydrogen) atoms. The van der Waals surface area contributed by atoms with E-state index in [-0.39, 0.29) is 17.6 Å². The maximum Gasteiger partial charge on any atom is 0.230 e. The highest BCUT2D eigenvalue weighted by Gasteiger charge is 2.36. The van der Waals surface area contributed by atoms with Crippen molar-refractivity contribution in [3.05, 3.63) is 65.0 Å². The maximum absolute atomic E-state index is 13.2. The molecule has 1 atom stereocenters. The Kier molecular flexibility index (Phi) is 5.78. The zero-order valence-corrected chi connectivity index (χ0v) is 18.3. The fraction of sp³-hybridized carbons (Fsp3) is 0.500. The average molecular weight is 439 g/mol. The Bertz CT molecular complexity index is 981. The number of piperidine rings is 1. The topological polar surface area (TPSA) is 64.0 Å². The minimum atomic E-state index is -0.946. The van der Waals surface area contributed by atoms with Crippen molar-refractivity contribution in [2.45, 2.75) is 50.2 Å². The van der Waals surface area contributed by atoms with Crippen LogP contribution in [0.3, 0.4) is 0 Å². The van der Waals surface area contributed by atoms with Crippen molar-refractivity contribution in [2.24, 2.45) is 5.92 Å². The summed E-state index contributed by atoms with van der Waals surface area (Å²) in [5.74, 6) is 0.156. The number of carbonyl (C=O) groups is 1. The first kappa shape index (κ1) is 21.6. The summed E-state index contributed by atoms with van der Waals surface area (Å²) in [5.41, 5.74) is 2.83. The molecule has 3 aliphatic rings. The van der Waals surface area contributed by atoms with Gasteiger partial charge < -0.3 is 20.0 Å². The van der Waals surface area contributed by atoms with Gasteiger partial charge in [-0.3, -0.25) is 4.79 Å². The van der Waals surface area contributed by atoms with Gasteiger partial charge in [-0.25, -0.2) is 4.39 Å². The number of fused-ring (bicyclic) bond motifs is 1. The van der Waals surface area contributed by atoms with Crippen LogP contribution in [0.5, 0.6) is 0 Å². The number of rotatable bonds is 5. The highest BCUT2D eigenvalue weighted by molar-refractivity contribution is 5.97. The fourth-order valence-corrected chi connectivity index (χ4v) is 5.11. The van der Waals surface area contributed by atoms with Crippen LogP contribution >= 0.6 is 0 Å². The van der Waals surface area contributed by atoms with Gasteiger partial charge in [-0.2, -0.15) is 0 Å². The molecule has 1 amide bonds. The third-order valence-corrected chi connectivity index (χ3v) is 7.30. The van der Waals surface area contributed by atoms with Gasteiger partial charge in [-0.15, -0.1) is 0 Å². The number of likely N-dealkylation sites (tertiary alicyclic amines) is 1. The first-order chi connectivity index (χ1) is 15.4. The van der Waals surface area contributed by atoms with Crippen LogP contribution in [0.4, 0.5) is 10.1 Å². The standard InChI is InChI=1S/C26H31FN2O3/c27-22-8-6-21(7-9-22)26(32)11-14-28(15-12-26)17-24(30)20-5-10-23-19(16-20)2-1-13-29(23)25(31)18-3-4-18/h5-10,16,18,24,30,32H,1-4,11-15,17H2/t24-/m1/s1. The monoisotopic (exact) mass is 438 g/mol. The predicted octanol–water partition coefficient (Wildman–Crippen LogP) is 3.53. The highest BCUT2D eigenvalue weighted by atomic mass is 19.1. The van der Waals surface area contributed by atoms with Crippen LogP contribution in [0, 0.1) is 11.7 Å². The lowest BCUT2D eigenvalue weighted by Crippen LogP contribution is -2.44. The van der Waals surface area contributed by atoms with Crippen molar-refractivity contribution in [3.63, 3.8) is 0 Å². The van der Waals surface area contributed by atoms with Gasteiger partial charge in [0.1, 0.15) is 5.82 Å². The molecule has 0 radical (unpaired) electrons. The van der Waals surface area contributed by atoms with Crippen LogP contribution in [0.1, 0.15) is 54.9 Å². The molecule has 1 aliphatic carbocycles. The molecule has 6 heteroatoms. The number of nitrogens with zero attached hydrogens (tertiary/aromatic N) is 2. The van der Waals surface area contributed by atoms with Crippen molar-refractivity contribution >= 4 is 11.6 Å². The largest absolute Gasteiger partial charge is 0.387 e. The summed E-state index contributed by atoms with van der Waals surface area (Å²) in [5, 5.41) is 21.9. The zero-order valence-electron chi connectivity index (χ0n) is 18.3. The number of hydrogen-bond donors (Lipinski definition) is 2. The van der Waals surface area contributed by atoms with Crippen molar-refractivity contribution in [1.82, 2.24) is 4.90 Å². The summed E-state index contributed by atoms with van der Waals surface area (Å²) in [7, 11) is 0. The molecular formula is C26H31FN2O3. The van der Waals surface area contributed by atoms with Crippen LogP contribution in [-0.2, 0) is 16.8 Å². The zero-order chi connectivity index (χ0) is 22.3. The van der Waals surface area contributed by atoms with Gasteiger partial charge in [0, 0.05) is 37.8 Å². The maximum atomic E-state index is 13.2. The van der Waals surface area contributed by atoms with E-state index in [2.05, 4.69) is 11.0 Å². The molecule has 170 valence electrons. The summed E-state index contributed by atoms with van der Waals surface area (Å²) < 4.78 is 13.2. The molecule has 2 heterocycles. The fourth-order valence-electron chi connectivity index (χ4n) is 5.11. The molecule has 2 fully saturated rings. The first-order valence-electron chi connectivity index (χ1n) is 11.8. The third-order valence-electron chi connectivity index (χ3n) is 7.30. The van der Waals surface area contributed by atoms with E-state index >= 15 is 0 Å². The molecule has 1 saturated heterocycles. The average Bonchev–Trinajstić information content (AvgIpc) is 3.65. The molecule has 1 saturated carbocycles. The Hall–Kier alpha value is -2.28. The Balaban J connectivity index is 1.22. The van der Waals surface area contributed by atoms with Crippen LogP contribution in [-0.4, -0.2) is 47.2 Å². The number of aliphatic hydroxyl groups is 2. The molecule has 2 aromatic rings. The van der Waals surface area contributed by atoms with Gasteiger partial charge in [-0.05, 0) is 73.4 Å². The number of carbonyl (C=O) groups excluding carboxylic acids is 1. The molecule has 2 aliphatic heterocycles. The van der Waals surface area contributed by atoms with Crippen LogP contribution < -0.4 is 4.90 Å². The quantitative estimate of drug-likeness (QED) is 0.750. The van der Waals surface area contributed by atoms with Crippen molar-refractivity contribution < 1.29 is 19.4 Å². The van der Waals surface area contributed by atoms with E-state index in [1.54, 1.807) is 12.1 Å². The Labute approximate surface area is 188 Å². The van der Waals surface area contributed by atoms with Gasteiger partial charge in [0.15, 0.2) is 0 Å². The smallest absolute Gasteiger partial charge is 0.230 e. The second kappa shape index (κ2) is 8.58. The van der Waals surface area contributed by atoms with Crippen LogP contribution in [0.2, 0.25) is 0 Å². The molecule has 5 rings (SSSR count). The van der Waals surface area contributed by atoms with E-state index in [9.17, 15) is 19.4 Å². The van der Waals surface area contributed by atoms with Gasteiger partial charge in [0.2, 0.25) is 5.91 Å². The van der Waals surface area contributed by atoms with Gasteiger partial charge in [-0.1, -0.05) is 24.3 Å². The molecule has 2 aromatic carbocycles. The minimum Gasteiger partial charge on any atom is -0.387 e. The van der Waals surface area contributed by atoms with E-state index in [0.29, 0.717) is 32.5 Å². The summed E-state index contributed by atoms with van der Waals surface area (Å²) >= 11 is 0. The minimum absolute atomic E-state index is 0.207. The van der Waals surface area contributed by atoms with E-state index < -0.39 is 11.7 Å². The number of hydrogen-bond acceptors (Lipinski definition) is 4. The Morgan fingerprint density at radius 1 is 1.09 bits per heavy atom.